The number of amides is 2. The van der Waals surface area contributed by atoms with E-state index in [0.29, 0.717) is 12.2 Å². The van der Waals surface area contributed by atoms with E-state index in [-0.39, 0.29) is 23.7 Å². The predicted octanol–water partition coefficient (Wildman–Crippen LogP) is 4.44. The molecule has 2 aromatic carbocycles. The summed E-state index contributed by atoms with van der Waals surface area (Å²) >= 11 is 0. The fourth-order valence-electron chi connectivity index (χ4n) is 3.35. The monoisotopic (exact) mass is 463 g/mol. The number of aromatic nitrogens is 2. The number of rotatable bonds is 10. The summed E-state index contributed by atoms with van der Waals surface area (Å²) in [5.74, 6) is -0.637. The standard InChI is InChI=1S/C26H33N5O3/c1-26(2,3)17-27-24(32)15-25(33)30-20-10-8-19(9-11-20)29-23-16-28-31-22-14-18(6-5-13-34-4)7-12-21(22)23/h7-12,14,16H,5-6,13,15,17H2,1-4H3,(H,27,32)(H,29,31)(H,30,33). The van der Waals surface area contributed by atoms with Crippen molar-refractivity contribution in [2.45, 2.75) is 40.0 Å². The van der Waals surface area contributed by atoms with Crippen LogP contribution < -0.4 is 16.0 Å². The number of ether oxygens (including phenoxy) is 1. The Kier molecular flexibility index (Phi) is 8.54. The first-order chi connectivity index (χ1) is 16.2. The number of methoxy groups -OCH3 is 1. The van der Waals surface area contributed by atoms with Gasteiger partial charge in [0.25, 0.3) is 0 Å². The van der Waals surface area contributed by atoms with Crippen molar-refractivity contribution < 1.29 is 14.3 Å². The van der Waals surface area contributed by atoms with Crippen LogP contribution in [0.1, 0.15) is 39.2 Å². The van der Waals surface area contributed by atoms with Gasteiger partial charge in [-0.25, -0.2) is 0 Å². The molecule has 0 aliphatic rings. The smallest absolute Gasteiger partial charge is 0.233 e. The maximum atomic E-state index is 12.2. The molecule has 8 nitrogen and oxygen atoms in total. The van der Waals surface area contributed by atoms with Crippen molar-refractivity contribution in [1.82, 2.24) is 15.5 Å². The first-order valence-corrected chi connectivity index (χ1v) is 11.4. The Labute approximate surface area is 200 Å². The molecule has 0 aliphatic carbocycles. The van der Waals surface area contributed by atoms with Crippen LogP contribution in [0, 0.1) is 5.41 Å². The Hall–Kier alpha value is -3.52. The number of carbonyl (C=O) groups excluding carboxylic acids is 2. The summed E-state index contributed by atoms with van der Waals surface area (Å²) in [6, 6.07) is 13.5. The molecule has 0 unspecified atom stereocenters. The van der Waals surface area contributed by atoms with Gasteiger partial charge in [-0.2, -0.15) is 10.2 Å². The molecule has 0 saturated heterocycles. The second-order valence-electron chi connectivity index (χ2n) is 9.47. The Balaban J connectivity index is 1.59. The number of hydrogen-bond donors (Lipinski definition) is 3. The maximum Gasteiger partial charge on any atom is 0.233 e. The highest BCUT2D eigenvalue weighted by atomic mass is 16.5. The van der Waals surface area contributed by atoms with E-state index in [2.05, 4.69) is 38.3 Å². The molecule has 3 aromatic rings. The maximum absolute atomic E-state index is 12.2. The quantitative estimate of drug-likeness (QED) is 0.303. The number of nitrogens with zero attached hydrogens (tertiary/aromatic N) is 2. The SMILES string of the molecule is COCCCc1ccc2c(Nc3ccc(NC(=O)CC(=O)NCC(C)(C)C)cc3)cnnc2c1. The van der Waals surface area contributed by atoms with Crippen LogP contribution in [0.25, 0.3) is 10.9 Å². The van der Waals surface area contributed by atoms with E-state index in [1.165, 1.54) is 5.56 Å². The summed E-state index contributed by atoms with van der Waals surface area (Å²) < 4.78 is 5.12. The lowest BCUT2D eigenvalue weighted by Crippen LogP contribution is -2.34. The molecule has 3 rings (SSSR count). The molecular formula is C26H33N5O3. The largest absolute Gasteiger partial charge is 0.385 e. The average Bonchev–Trinajstić information content (AvgIpc) is 2.79. The van der Waals surface area contributed by atoms with Gasteiger partial charge in [-0.15, -0.1) is 0 Å². The summed E-state index contributed by atoms with van der Waals surface area (Å²) in [5.41, 5.74) is 4.31. The third-order valence-corrected chi connectivity index (χ3v) is 5.10. The number of hydrogen-bond acceptors (Lipinski definition) is 6. The summed E-state index contributed by atoms with van der Waals surface area (Å²) in [6.45, 7) is 7.32. The van der Waals surface area contributed by atoms with E-state index >= 15 is 0 Å². The molecule has 0 saturated carbocycles. The molecule has 1 heterocycles. The van der Waals surface area contributed by atoms with Gasteiger partial charge in [0, 0.05) is 37.0 Å². The van der Waals surface area contributed by atoms with Crippen LogP contribution in [-0.2, 0) is 20.7 Å². The Bertz CT molecular complexity index is 1120. The van der Waals surface area contributed by atoms with Crippen LogP contribution in [-0.4, -0.2) is 42.3 Å². The molecule has 34 heavy (non-hydrogen) atoms. The number of carbonyl (C=O) groups is 2. The second-order valence-corrected chi connectivity index (χ2v) is 9.47. The molecule has 0 atom stereocenters. The highest BCUT2D eigenvalue weighted by molar-refractivity contribution is 6.03. The third-order valence-electron chi connectivity index (χ3n) is 5.10. The van der Waals surface area contributed by atoms with Gasteiger partial charge < -0.3 is 20.7 Å². The number of fused-ring (bicyclic) bond motifs is 1. The molecule has 1 aromatic heterocycles. The van der Waals surface area contributed by atoms with Crippen molar-refractivity contribution in [3.63, 3.8) is 0 Å². The van der Waals surface area contributed by atoms with Crippen molar-refractivity contribution in [2.75, 3.05) is 30.9 Å². The zero-order valence-corrected chi connectivity index (χ0v) is 20.3. The van der Waals surface area contributed by atoms with Gasteiger partial charge in [-0.05, 0) is 54.2 Å². The molecule has 180 valence electrons. The minimum Gasteiger partial charge on any atom is -0.385 e. The van der Waals surface area contributed by atoms with Crippen molar-refractivity contribution in [2.24, 2.45) is 5.41 Å². The van der Waals surface area contributed by atoms with Crippen molar-refractivity contribution in [1.29, 1.82) is 0 Å². The third kappa shape index (κ3) is 7.81. The van der Waals surface area contributed by atoms with Crippen LogP contribution >= 0.6 is 0 Å². The highest BCUT2D eigenvalue weighted by Crippen LogP contribution is 2.26. The summed E-state index contributed by atoms with van der Waals surface area (Å²) in [5, 5.41) is 18.3. The number of aryl methyl sites for hydroxylation is 1. The Morgan fingerprint density at radius 3 is 2.44 bits per heavy atom. The molecule has 0 fully saturated rings. The van der Waals surface area contributed by atoms with Crippen molar-refractivity contribution in [3.8, 4) is 0 Å². The summed E-state index contributed by atoms with van der Waals surface area (Å²) in [4.78, 5) is 24.1. The van der Waals surface area contributed by atoms with Crippen molar-refractivity contribution >= 4 is 39.8 Å². The van der Waals surface area contributed by atoms with Crippen LogP contribution in [0.5, 0.6) is 0 Å². The lowest BCUT2D eigenvalue weighted by atomic mass is 9.97. The van der Waals surface area contributed by atoms with E-state index in [4.69, 9.17) is 4.74 Å². The topological polar surface area (TPSA) is 105 Å². The molecule has 8 heteroatoms. The van der Waals surface area contributed by atoms with Crippen LogP contribution in [0.4, 0.5) is 17.1 Å². The first kappa shape index (κ1) is 25.1. The van der Waals surface area contributed by atoms with E-state index in [1.54, 1.807) is 25.4 Å². The van der Waals surface area contributed by atoms with Gasteiger partial charge in [-0.1, -0.05) is 32.9 Å². The Morgan fingerprint density at radius 2 is 1.74 bits per heavy atom. The van der Waals surface area contributed by atoms with Gasteiger partial charge >= 0.3 is 0 Å². The summed E-state index contributed by atoms with van der Waals surface area (Å²) in [7, 11) is 1.71. The van der Waals surface area contributed by atoms with Crippen LogP contribution in [0.3, 0.4) is 0 Å². The van der Waals surface area contributed by atoms with Crippen LogP contribution in [0.2, 0.25) is 0 Å². The lowest BCUT2D eigenvalue weighted by Gasteiger charge is -2.18. The second kappa shape index (κ2) is 11.6. The molecule has 0 aliphatic heterocycles. The minimum absolute atomic E-state index is 0.0308. The number of nitrogens with one attached hydrogen (secondary N) is 3. The zero-order valence-electron chi connectivity index (χ0n) is 20.3. The molecule has 0 bridgehead atoms. The molecular weight excluding hydrogens is 430 g/mol. The first-order valence-electron chi connectivity index (χ1n) is 11.4. The zero-order chi connectivity index (χ0) is 24.6. The van der Waals surface area contributed by atoms with Gasteiger partial charge in [0.15, 0.2) is 0 Å². The Morgan fingerprint density at radius 1 is 1.00 bits per heavy atom. The van der Waals surface area contributed by atoms with E-state index in [0.717, 1.165) is 41.7 Å². The molecule has 0 radical (unpaired) electrons. The van der Waals surface area contributed by atoms with Gasteiger partial charge in [0.2, 0.25) is 11.8 Å². The van der Waals surface area contributed by atoms with E-state index in [1.807, 2.05) is 39.0 Å². The fraction of sp³-hybridized carbons (Fsp3) is 0.385. The normalized spacial score (nSPS) is 11.3. The molecule has 0 spiro atoms. The van der Waals surface area contributed by atoms with Crippen LogP contribution in [0.15, 0.2) is 48.7 Å². The average molecular weight is 464 g/mol. The van der Waals surface area contributed by atoms with E-state index in [9.17, 15) is 9.59 Å². The minimum atomic E-state index is -0.349. The molecule has 2 amide bonds. The number of anilines is 3. The van der Waals surface area contributed by atoms with E-state index < -0.39 is 0 Å². The summed E-state index contributed by atoms with van der Waals surface area (Å²) in [6.07, 6.45) is 3.36. The fourth-order valence-corrected chi connectivity index (χ4v) is 3.35. The lowest BCUT2D eigenvalue weighted by molar-refractivity contribution is -0.127. The predicted molar refractivity (Wildman–Crippen MR) is 135 cm³/mol. The number of benzene rings is 2. The van der Waals surface area contributed by atoms with Gasteiger partial charge in [0.05, 0.1) is 17.4 Å². The van der Waals surface area contributed by atoms with Crippen molar-refractivity contribution in [3.05, 3.63) is 54.2 Å². The van der Waals surface area contributed by atoms with Gasteiger partial charge in [0.1, 0.15) is 6.42 Å². The molecule has 3 N–H and O–H groups in total. The highest BCUT2D eigenvalue weighted by Gasteiger charge is 2.14. The van der Waals surface area contributed by atoms with Gasteiger partial charge in [-0.3, -0.25) is 9.59 Å².